The number of rotatable bonds is 4. The summed E-state index contributed by atoms with van der Waals surface area (Å²) in [6.07, 6.45) is 3.41. The SMILES string of the molecule is Nc1ccc(C#Cc2cnc3c(OCCN4CCOCC4)ccnn23)cc1. The highest BCUT2D eigenvalue weighted by molar-refractivity contribution is 5.55. The number of morpholine rings is 1. The molecule has 7 nitrogen and oxygen atoms in total. The molecule has 0 unspecified atom stereocenters. The van der Waals surface area contributed by atoms with Crippen LogP contribution in [-0.4, -0.2) is 59.0 Å². The third-order valence-electron chi connectivity index (χ3n) is 4.38. The van der Waals surface area contributed by atoms with Crippen molar-refractivity contribution in [2.75, 3.05) is 45.2 Å². The number of nitrogens with two attached hydrogens (primary N) is 1. The molecular weight excluding hydrogens is 342 g/mol. The molecule has 1 saturated heterocycles. The third kappa shape index (κ3) is 4.19. The minimum atomic E-state index is 0.596. The second-order valence-corrected chi connectivity index (χ2v) is 6.25. The van der Waals surface area contributed by atoms with Crippen LogP contribution in [0.15, 0.2) is 42.7 Å². The summed E-state index contributed by atoms with van der Waals surface area (Å²) in [5.74, 6) is 6.92. The van der Waals surface area contributed by atoms with E-state index in [1.807, 2.05) is 30.3 Å². The Morgan fingerprint density at radius 1 is 1.11 bits per heavy atom. The summed E-state index contributed by atoms with van der Waals surface area (Å²) in [5.41, 5.74) is 8.68. The number of ether oxygens (including phenoxy) is 2. The number of aromatic nitrogens is 3. The molecule has 0 radical (unpaired) electrons. The number of imidazole rings is 1. The number of hydrogen-bond donors (Lipinski definition) is 1. The molecule has 4 rings (SSSR count). The Balaban J connectivity index is 1.47. The summed E-state index contributed by atoms with van der Waals surface area (Å²) < 4.78 is 13.0. The molecule has 1 aliphatic heterocycles. The predicted octanol–water partition coefficient (Wildman–Crippen LogP) is 1.42. The lowest BCUT2D eigenvalue weighted by Gasteiger charge is -2.26. The summed E-state index contributed by atoms with van der Waals surface area (Å²) in [6, 6.07) is 9.27. The number of fused-ring (bicyclic) bond motifs is 1. The molecule has 1 fully saturated rings. The Hall–Kier alpha value is -3.08. The van der Waals surface area contributed by atoms with Crippen LogP contribution in [0.5, 0.6) is 5.75 Å². The highest BCUT2D eigenvalue weighted by atomic mass is 16.5. The van der Waals surface area contributed by atoms with E-state index in [0.717, 1.165) is 44.1 Å². The van der Waals surface area contributed by atoms with Crippen LogP contribution in [0.25, 0.3) is 5.65 Å². The molecule has 27 heavy (non-hydrogen) atoms. The number of nitrogens with zero attached hydrogens (tertiary/aromatic N) is 4. The van der Waals surface area contributed by atoms with Gasteiger partial charge in [-0.3, -0.25) is 4.90 Å². The summed E-state index contributed by atoms with van der Waals surface area (Å²) >= 11 is 0. The molecule has 1 aliphatic rings. The minimum Gasteiger partial charge on any atom is -0.488 e. The van der Waals surface area contributed by atoms with Gasteiger partial charge in [0.05, 0.1) is 25.6 Å². The van der Waals surface area contributed by atoms with E-state index in [1.54, 1.807) is 16.9 Å². The summed E-state index contributed by atoms with van der Waals surface area (Å²) in [5, 5.41) is 4.35. The molecule has 3 heterocycles. The highest BCUT2D eigenvalue weighted by Crippen LogP contribution is 2.18. The first-order valence-corrected chi connectivity index (χ1v) is 8.93. The monoisotopic (exact) mass is 363 g/mol. The van der Waals surface area contributed by atoms with Crippen LogP contribution in [0.1, 0.15) is 11.3 Å². The zero-order valence-electron chi connectivity index (χ0n) is 15.0. The fourth-order valence-electron chi connectivity index (χ4n) is 2.88. The first-order valence-electron chi connectivity index (χ1n) is 8.93. The first kappa shape index (κ1) is 17.3. The summed E-state index contributed by atoms with van der Waals surface area (Å²) in [7, 11) is 0. The quantitative estimate of drug-likeness (QED) is 0.558. The molecule has 0 saturated carbocycles. The van der Waals surface area contributed by atoms with Gasteiger partial charge in [-0.1, -0.05) is 5.92 Å². The van der Waals surface area contributed by atoms with Crippen molar-refractivity contribution in [3.05, 3.63) is 54.0 Å². The van der Waals surface area contributed by atoms with E-state index in [9.17, 15) is 0 Å². The summed E-state index contributed by atoms with van der Waals surface area (Å²) in [4.78, 5) is 6.76. The molecule has 0 aliphatic carbocycles. The van der Waals surface area contributed by atoms with Crippen LogP contribution < -0.4 is 10.5 Å². The van der Waals surface area contributed by atoms with E-state index in [1.165, 1.54) is 0 Å². The van der Waals surface area contributed by atoms with Crippen LogP contribution in [0, 0.1) is 11.8 Å². The van der Waals surface area contributed by atoms with Crippen molar-refractivity contribution in [2.45, 2.75) is 0 Å². The number of nitrogen functional groups attached to an aromatic ring is 1. The Morgan fingerprint density at radius 3 is 2.74 bits per heavy atom. The molecule has 3 aromatic rings. The largest absolute Gasteiger partial charge is 0.488 e. The number of benzene rings is 1. The Kier molecular flexibility index (Phi) is 5.19. The van der Waals surface area contributed by atoms with E-state index in [4.69, 9.17) is 15.2 Å². The first-order chi connectivity index (χ1) is 13.3. The molecule has 2 N–H and O–H groups in total. The van der Waals surface area contributed by atoms with Gasteiger partial charge in [0.15, 0.2) is 11.4 Å². The highest BCUT2D eigenvalue weighted by Gasteiger charge is 2.12. The molecular formula is C20H21N5O2. The van der Waals surface area contributed by atoms with Gasteiger partial charge in [-0.2, -0.15) is 5.10 Å². The molecule has 0 bridgehead atoms. The predicted molar refractivity (Wildman–Crippen MR) is 103 cm³/mol. The van der Waals surface area contributed by atoms with Crippen molar-refractivity contribution in [3.8, 4) is 17.6 Å². The molecule has 1 aromatic carbocycles. The van der Waals surface area contributed by atoms with Crippen molar-refractivity contribution in [3.63, 3.8) is 0 Å². The molecule has 138 valence electrons. The second-order valence-electron chi connectivity index (χ2n) is 6.25. The van der Waals surface area contributed by atoms with E-state index < -0.39 is 0 Å². The van der Waals surface area contributed by atoms with Gasteiger partial charge >= 0.3 is 0 Å². The summed E-state index contributed by atoms with van der Waals surface area (Å²) in [6.45, 7) is 4.93. The molecule has 0 atom stereocenters. The van der Waals surface area contributed by atoms with Crippen LogP contribution in [0.2, 0.25) is 0 Å². The van der Waals surface area contributed by atoms with Crippen LogP contribution in [-0.2, 0) is 4.74 Å². The Labute approximate surface area is 157 Å². The van der Waals surface area contributed by atoms with Crippen molar-refractivity contribution in [2.24, 2.45) is 0 Å². The second kappa shape index (κ2) is 8.08. The van der Waals surface area contributed by atoms with Gasteiger partial charge in [0.1, 0.15) is 12.3 Å². The van der Waals surface area contributed by atoms with E-state index in [0.29, 0.717) is 23.7 Å². The maximum Gasteiger partial charge on any atom is 0.197 e. The van der Waals surface area contributed by atoms with Gasteiger partial charge in [-0.15, -0.1) is 0 Å². The van der Waals surface area contributed by atoms with Crippen molar-refractivity contribution < 1.29 is 9.47 Å². The zero-order valence-corrected chi connectivity index (χ0v) is 15.0. The Morgan fingerprint density at radius 2 is 1.93 bits per heavy atom. The van der Waals surface area contributed by atoms with Crippen molar-refractivity contribution >= 4 is 11.3 Å². The van der Waals surface area contributed by atoms with Crippen LogP contribution in [0.3, 0.4) is 0 Å². The van der Waals surface area contributed by atoms with Crippen molar-refractivity contribution in [1.82, 2.24) is 19.5 Å². The van der Waals surface area contributed by atoms with E-state index in [2.05, 4.69) is 26.8 Å². The normalized spacial score (nSPS) is 14.7. The zero-order chi connectivity index (χ0) is 18.5. The lowest BCUT2D eigenvalue weighted by molar-refractivity contribution is 0.0323. The lowest BCUT2D eigenvalue weighted by Crippen LogP contribution is -2.38. The van der Waals surface area contributed by atoms with Gasteiger partial charge < -0.3 is 15.2 Å². The molecule has 7 heteroatoms. The van der Waals surface area contributed by atoms with Gasteiger partial charge in [-0.05, 0) is 30.2 Å². The van der Waals surface area contributed by atoms with Gasteiger partial charge in [0.2, 0.25) is 0 Å². The fraction of sp³-hybridized carbons (Fsp3) is 0.300. The smallest absolute Gasteiger partial charge is 0.197 e. The maximum absolute atomic E-state index is 5.94. The third-order valence-corrected chi connectivity index (χ3v) is 4.38. The molecule has 0 spiro atoms. The maximum atomic E-state index is 5.94. The van der Waals surface area contributed by atoms with Gasteiger partial charge in [-0.25, -0.2) is 9.50 Å². The standard InChI is InChI=1S/C20H21N5O2/c21-17-4-1-16(2-5-17)3-6-18-15-22-20-19(7-8-23-25(18)20)27-14-11-24-9-12-26-13-10-24/h1-2,4-5,7-8,15H,9-14,21H2. The molecule has 2 aromatic heterocycles. The van der Waals surface area contributed by atoms with Crippen LogP contribution >= 0.6 is 0 Å². The van der Waals surface area contributed by atoms with Gasteiger partial charge in [0, 0.05) is 37.0 Å². The number of anilines is 1. The average Bonchev–Trinajstić information content (AvgIpc) is 3.12. The topological polar surface area (TPSA) is 77.9 Å². The average molecular weight is 363 g/mol. The minimum absolute atomic E-state index is 0.596. The lowest BCUT2D eigenvalue weighted by atomic mass is 10.2. The fourth-order valence-corrected chi connectivity index (χ4v) is 2.88. The van der Waals surface area contributed by atoms with E-state index >= 15 is 0 Å². The van der Waals surface area contributed by atoms with Crippen LogP contribution in [0.4, 0.5) is 5.69 Å². The van der Waals surface area contributed by atoms with E-state index in [-0.39, 0.29) is 0 Å². The number of hydrogen-bond acceptors (Lipinski definition) is 6. The van der Waals surface area contributed by atoms with Gasteiger partial charge in [0.25, 0.3) is 0 Å². The van der Waals surface area contributed by atoms with Crippen molar-refractivity contribution in [1.29, 1.82) is 0 Å². The molecule has 0 amide bonds. The Bertz CT molecular complexity index is 965.